The Morgan fingerprint density at radius 1 is 1.26 bits per heavy atom. The average Bonchev–Trinajstić information content (AvgIpc) is 3.24. The topological polar surface area (TPSA) is 80.0 Å². The zero-order valence-electron chi connectivity index (χ0n) is 15.6. The number of aliphatic hydroxyl groups is 1. The average molecular weight is 369 g/mol. The maximum absolute atomic E-state index is 12.7. The molecule has 0 saturated carbocycles. The summed E-state index contributed by atoms with van der Waals surface area (Å²) in [6.07, 6.45) is 1.74. The molecule has 1 amide bonds. The molecule has 142 valence electrons. The number of amides is 1. The van der Waals surface area contributed by atoms with Gasteiger partial charge < -0.3 is 19.2 Å². The summed E-state index contributed by atoms with van der Waals surface area (Å²) in [6, 6.07) is 9.96. The first-order valence-electron chi connectivity index (χ1n) is 8.86. The molecule has 3 rings (SSSR count). The van der Waals surface area contributed by atoms with Crippen molar-refractivity contribution in [1.82, 2.24) is 4.90 Å². The standard InChI is InChI=1S/C21H23NO5/c1-13(2)11-16(23)18-19(17-5-4-10-27-17)22(21(25)20(18)24)12-14-6-8-15(26-3)9-7-14/h4-10,13,19,24H,11-12H2,1-3H3. The van der Waals surface area contributed by atoms with Crippen LogP contribution < -0.4 is 4.74 Å². The Balaban J connectivity index is 1.95. The summed E-state index contributed by atoms with van der Waals surface area (Å²) < 4.78 is 10.6. The number of hydrogen-bond acceptors (Lipinski definition) is 5. The molecule has 1 aromatic heterocycles. The maximum atomic E-state index is 12.7. The number of ketones is 1. The lowest BCUT2D eigenvalue weighted by Gasteiger charge is -2.25. The third kappa shape index (κ3) is 3.74. The first kappa shape index (κ1) is 18.8. The fourth-order valence-corrected chi connectivity index (χ4v) is 3.25. The molecule has 1 N–H and O–H groups in total. The van der Waals surface area contributed by atoms with Gasteiger partial charge in [-0.3, -0.25) is 9.59 Å². The molecule has 1 aliphatic rings. The van der Waals surface area contributed by atoms with Crippen LogP contribution in [0.5, 0.6) is 5.75 Å². The van der Waals surface area contributed by atoms with Gasteiger partial charge in [-0.25, -0.2) is 0 Å². The molecule has 1 aliphatic heterocycles. The number of benzene rings is 1. The van der Waals surface area contributed by atoms with Crippen molar-refractivity contribution in [2.75, 3.05) is 7.11 Å². The van der Waals surface area contributed by atoms with E-state index in [1.807, 2.05) is 26.0 Å². The third-order valence-corrected chi connectivity index (χ3v) is 4.52. The molecule has 0 radical (unpaired) electrons. The fraction of sp³-hybridized carbons (Fsp3) is 0.333. The number of methoxy groups -OCH3 is 1. The van der Waals surface area contributed by atoms with Crippen LogP contribution in [-0.2, 0) is 16.1 Å². The number of nitrogens with zero attached hydrogens (tertiary/aromatic N) is 1. The number of carbonyl (C=O) groups excluding carboxylic acids is 2. The number of hydrogen-bond donors (Lipinski definition) is 1. The molecule has 6 heteroatoms. The molecule has 0 saturated heterocycles. The van der Waals surface area contributed by atoms with Gasteiger partial charge in [0.2, 0.25) is 0 Å². The summed E-state index contributed by atoms with van der Waals surface area (Å²) in [6.45, 7) is 4.07. The van der Waals surface area contributed by atoms with Gasteiger partial charge in [0.1, 0.15) is 17.6 Å². The lowest BCUT2D eigenvalue weighted by molar-refractivity contribution is -0.130. The normalized spacial score (nSPS) is 17.1. The highest BCUT2D eigenvalue weighted by atomic mass is 16.5. The van der Waals surface area contributed by atoms with Gasteiger partial charge in [-0.15, -0.1) is 0 Å². The molecule has 1 unspecified atom stereocenters. The number of aliphatic hydroxyl groups excluding tert-OH is 1. The van der Waals surface area contributed by atoms with Crippen LogP contribution in [0.25, 0.3) is 0 Å². The van der Waals surface area contributed by atoms with Crippen LogP contribution in [0.3, 0.4) is 0 Å². The molecule has 1 atom stereocenters. The highest BCUT2D eigenvalue weighted by molar-refractivity contribution is 6.08. The van der Waals surface area contributed by atoms with Crippen molar-refractivity contribution in [3.05, 3.63) is 65.3 Å². The van der Waals surface area contributed by atoms with E-state index in [1.54, 1.807) is 31.4 Å². The van der Waals surface area contributed by atoms with E-state index in [1.165, 1.54) is 11.2 Å². The van der Waals surface area contributed by atoms with E-state index >= 15 is 0 Å². The zero-order valence-corrected chi connectivity index (χ0v) is 15.6. The molecule has 0 aliphatic carbocycles. The highest BCUT2D eigenvalue weighted by Crippen LogP contribution is 2.39. The van der Waals surface area contributed by atoms with Crippen molar-refractivity contribution in [3.63, 3.8) is 0 Å². The van der Waals surface area contributed by atoms with Gasteiger partial charge >= 0.3 is 0 Å². The molecular formula is C21H23NO5. The Hall–Kier alpha value is -3.02. The minimum Gasteiger partial charge on any atom is -0.503 e. The number of rotatable bonds is 7. The van der Waals surface area contributed by atoms with Crippen molar-refractivity contribution >= 4 is 11.7 Å². The van der Waals surface area contributed by atoms with Crippen LogP contribution in [0.4, 0.5) is 0 Å². The van der Waals surface area contributed by atoms with Crippen molar-refractivity contribution in [1.29, 1.82) is 0 Å². The number of Topliss-reactive ketones (excluding diaryl/α,β-unsaturated/α-hetero) is 1. The van der Waals surface area contributed by atoms with E-state index in [-0.39, 0.29) is 30.2 Å². The molecular weight excluding hydrogens is 346 g/mol. The zero-order chi connectivity index (χ0) is 19.6. The summed E-state index contributed by atoms with van der Waals surface area (Å²) in [7, 11) is 1.58. The molecule has 0 fully saturated rings. The van der Waals surface area contributed by atoms with Crippen LogP contribution >= 0.6 is 0 Å². The van der Waals surface area contributed by atoms with Gasteiger partial charge in [0.15, 0.2) is 11.5 Å². The monoisotopic (exact) mass is 369 g/mol. The second-order valence-corrected chi connectivity index (χ2v) is 6.98. The molecule has 2 aromatic rings. The predicted octanol–water partition coefficient (Wildman–Crippen LogP) is 3.80. The summed E-state index contributed by atoms with van der Waals surface area (Å²) >= 11 is 0. The molecule has 0 bridgehead atoms. The Bertz CT molecular complexity index is 849. The lowest BCUT2D eigenvalue weighted by atomic mass is 9.95. The molecule has 2 heterocycles. The summed E-state index contributed by atoms with van der Waals surface area (Å²) in [4.78, 5) is 26.9. The SMILES string of the molecule is COc1ccc(CN2C(=O)C(O)=C(C(=O)CC(C)C)C2c2ccco2)cc1. The van der Waals surface area contributed by atoms with Crippen molar-refractivity contribution in [3.8, 4) is 5.75 Å². The number of ether oxygens (including phenoxy) is 1. The Morgan fingerprint density at radius 2 is 1.96 bits per heavy atom. The second-order valence-electron chi connectivity index (χ2n) is 6.98. The van der Waals surface area contributed by atoms with Gasteiger partial charge in [0.25, 0.3) is 5.91 Å². The Morgan fingerprint density at radius 3 is 2.52 bits per heavy atom. The van der Waals surface area contributed by atoms with Crippen LogP contribution in [0, 0.1) is 5.92 Å². The highest BCUT2D eigenvalue weighted by Gasteiger charge is 2.44. The Kier molecular flexibility index (Phi) is 5.35. The van der Waals surface area contributed by atoms with E-state index in [0.717, 1.165) is 5.56 Å². The first-order chi connectivity index (χ1) is 12.9. The summed E-state index contributed by atoms with van der Waals surface area (Å²) in [5.74, 6) is -0.0268. The van der Waals surface area contributed by atoms with E-state index in [4.69, 9.17) is 9.15 Å². The van der Waals surface area contributed by atoms with Gasteiger partial charge in [-0.05, 0) is 35.7 Å². The van der Waals surface area contributed by atoms with Crippen molar-refractivity contribution in [2.45, 2.75) is 32.9 Å². The largest absolute Gasteiger partial charge is 0.503 e. The van der Waals surface area contributed by atoms with E-state index < -0.39 is 17.7 Å². The van der Waals surface area contributed by atoms with Gasteiger partial charge in [0, 0.05) is 13.0 Å². The van der Waals surface area contributed by atoms with Gasteiger partial charge in [-0.1, -0.05) is 26.0 Å². The molecule has 27 heavy (non-hydrogen) atoms. The summed E-state index contributed by atoms with van der Waals surface area (Å²) in [5, 5.41) is 10.4. The van der Waals surface area contributed by atoms with Crippen molar-refractivity contribution in [2.24, 2.45) is 5.92 Å². The molecule has 1 aromatic carbocycles. The van der Waals surface area contributed by atoms with Gasteiger partial charge in [0.05, 0.1) is 18.9 Å². The van der Waals surface area contributed by atoms with E-state index in [0.29, 0.717) is 11.5 Å². The first-order valence-corrected chi connectivity index (χ1v) is 8.86. The van der Waals surface area contributed by atoms with Crippen molar-refractivity contribution < 1.29 is 23.8 Å². The van der Waals surface area contributed by atoms with Crippen LogP contribution in [0.2, 0.25) is 0 Å². The third-order valence-electron chi connectivity index (χ3n) is 4.52. The number of carbonyl (C=O) groups is 2. The Labute approximate surface area is 158 Å². The minimum atomic E-state index is -0.735. The number of furan rings is 1. The molecule has 0 spiro atoms. The minimum absolute atomic E-state index is 0.108. The van der Waals surface area contributed by atoms with Crippen LogP contribution in [0.15, 0.2) is 58.4 Å². The fourth-order valence-electron chi connectivity index (χ4n) is 3.25. The second kappa shape index (κ2) is 7.70. The predicted molar refractivity (Wildman–Crippen MR) is 99.1 cm³/mol. The lowest BCUT2D eigenvalue weighted by Crippen LogP contribution is -2.30. The summed E-state index contributed by atoms with van der Waals surface area (Å²) in [5.41, 5.74) is 0.961. The quantitative estimate of drug-likeness (QED) is 0.803. The molecule has 6 nitrogen and oxygen atoms in total. The van der Waals surface area contributed by atoms with Gasteiger partial charge in [-0.2, -0.15) is 0 Å². The van der Waals surface area contributed by atoms with Crippen LogP contribution in [-0.4, -0.2) is 28.8 Å². The maximum Gasteiger partial charge on any atom is 0.290 e. The van der Waals surface area contributed by atoms with E-state index in [9.17, 15) is 14.7 Å². The smallest absolute Gasteiger partial charge is 0.290 e. The van der Waals surface area contributed by atoms with E-state index in [2.05, 4.69) is 0 Å². The van der Waals surface area contributed by atoms with Crippen LogP contribution in [0.1, 0.15) is 37.6 Å².